The van der Waals surface area contributed by atoms with E-state index in [4.69, 9.17) is 0 Å². The number of hydrogen-bond acceptors (Lipinski definition) is 1. The Morgan fingerprint density at radius 1 is 0.938 bits per heavy atom. The number of alkyl halides is 5. The molecule has 0 saturated carbocycles. The summed E-state index contributed by atoms with van der Waals surface area (Å²) >= 11 is 0. The SMILES string of the molecule is O=C(c1ccc(F)cc1)C(F)(F)C(F)(F)F. The Morgan fingerprint density at radius 3 is 1.75 bits per heavy atom. The Labute approximate surface area is 85.7 Å². The van der Waals surface area contributed by atoms with E-state index in [1.165, 1.54) is 0 Å². The molecule has 0 unspecified atom stereocenters. The third-order valence-electron chi connectivity index (χ3n) is 1.75. The maximum Gasteiger partial charge on any atom is 0.461 e. The van der Waals surface area contributed by atoms with Crippen LogP contribution in [0.5, 0.6) is 0 Å². The second-order valence-electron chi connectivity index (χ2n) is 2.91. The molecule has 0 N–H and O–H groups in total. The van der Waals surface area contributed by atoms with Gasteiger partial charge in [-0.2, -0.15) is 22.0 Å². The molecule has 0 aliphatic rings. The minimum atomic E-state index is -5.96. The minimum absolute atomic E-state index is 0.567. The Kier molecular flexibility index (Phi) is 2.98. The minimum Gasteiger partial charge on any atom is -0.287 e. The molecule has 0 radical (unpaired) electrons. The van der Waals surface area contributed by atoms with Crippen molar-refractivity contribution in [3.05, 3.63) is 35.6 Å². The normalized spacial score (nSPS) is 12.6. The van der Waals surface area contributed by atoms with Gasteiger partial charge >= 0.3 is 12.1 Å². The first-order valence-electron chi connectivity index (χ1n) is 3.91. The van der Waals surface area contributed by atoms with Crippen molar-refractivity contribution in [1.82, 2.24) is 0 Å². The lowest BCUT2D eigenvalue weighted by atomic mass is 10.1. The molecule has 0 heterocycles. The van der Waals surface area contributed by atoms with Gasteiger partial charge in [0.15, 0.2) is 0 Å². The summed E-state index contributed by atoms with van der Waals surface area (Å²) in [6.07, 6.45) is -5.96. The van der Waals surface area contributed by atoms with Crippen molar-refractivity contribution in [2.45, 2.75) is 12.1 Å². The standard InChI is InChI=1S/C9H4F6O/c10-6-3-1-5(2-4-6)7(16)8(11,12)9(13,14)15/h1-4H. The molecule has 0 aromatic heterocycles. The van der Waals surface area contributed by atoms with Gasteiger partial charge in [0.25, 0.3) is 0 Å². The van der Waals surface area contributed by atoms with Gasteiger partial charge in [-0.05, 0) is 24.3 Å². The van der Waals surface area contributed by atoms with Crippen LogP contribution in [-0.2, 0) is 0 Å². The van der Waals surface area contributed by atoms with Gasteiger partial charge < -0.3 is 0 Å². The molecule has 0 aliphatic heterocycles. The fourth-order valence-electron chi connectivity index (χ4n) is 0.911. The second kappa shape index (κ2) is 3.80. The summed E-state index contributed by atoms with van der Waals surface area (Å²) in [5, 5.41) is 0. The van der Waals surface area contributed by atoms with Gasteiger partial charge in [0.2, 0.25) is 5.78 Å². The third kappa shape index (κ3) is 2.17. The van der Waals surface area contributed by atoms with E-state index in [9.17, 15) is 31.1 Å². The molecule has 0 atom stereocenters. The molecule has 0 saturated heterocycles. The number of halogens is 6. The first-order chi connectivity index (χ1) is 7.16. The van der Waals surface area contributed by atoms with Crippen LogP contribution in [0.4, 0.5) is 26.3 Å². The molecule has 1 rings (SSSR count). The van der Waals surface area contributed by atoms with Gasteiger partial charge in [-0.1, -0.05) is 0 Å². The molecule has 7 heteroatoms. The zero-order chi connectivity index (χ0) is 12.6. The van der Waals surface area contributed by atoms with Crippen molar-refractivity contribution in [2.75, 3.05) is 0 Å². The van der Waals surface area contributed by atoms with Crippen LogP contribution in [0.15, 0.2) is 24.3 Å². The largest absolute Gasteiger partial charge is 0.461 e. The van der Waals surface area contributed by atoms with Crippen LogP contribution in [0.2, 0.25) is 0 Å². The maximum atomic E-state index is 12.5. The molecule has 0 bridgehead atoms. The molecule has 1 aromatic carbocycles. The van der Waals surface area contributed by atoms with E-state index < -0.39 is 29.3 Å². The number of Topliss-reactive ketones (excluding diaryl/α,β-unsaturated/α-hetero) is 1. The Morgan fingerprint density at radius 2 is 1.38 bits per heavy atom. The zero-order valence-electron chi connectivity index (χ0n) is 7.49. The lowest BCUT2D eigenvalue weighted by molar-refractivity contribution is -0.255. The molecule has 0 amide bonds. The van der Waals surface area contributed by atoms with E-state index in [-0.39, 0.29) is 0 Å². The van der Waals surface area contributed by atoms with Crippen LogP contribution in [0.3, 0.4) is 0 Å². The first-order valence-corrected chi connectivity index (χ1v) is 3.91. The predicted octanol–water partition coefficient (Wildman–Crippen LogP) is 3.21. The molecule has 0 fully saturated rings. The Bertz CT molecular complexity index is 391. The Hall–Kier alpha value is -1.53. The summed E-state index contributed by atoms with van der Waals surface area (Å²) in [4.78, 5) is 10.8. The summed E-state index contributed by atoms with van der Waals surface area (Å²) in [6, 6.07) is 2.38. The number of hydrogen-bond donors (Lipinski definition) is 0. The van der Waals surface area contributed by atoms with Crippen molar-refractivity contribution in [1.29, 1.82) is 0 Å². The van der Waals surface area contributed by atoms with Crippen LogP contribution >= 0.6 is 0 Å². The average molecular weight is 242 g/mol. The first kappa shape index (κ1) is 12.5. The summed E-state index contributed by atoms with van der Waals surface area (Å²) in [5.74, 6) is -8.71. The van der Waals surface area contributed by atoms with Crippen LogP contribution in [0.1, 0.15) is 10.4 Å². The lowest BCUT2D eigenvalue weighted by Crippen LogP contribution is -2.44. The summed E-state index contributed by atoms with van der Waals surface area (Å²) < 4.78 is 72.9. The van der Waals surface area contributed by atoms with E-state index in [1.54, 1.807) is 0 Å². The maximum absolute atomic E-state index is 12.5. The quantitative estimate of drug-likeness (QED) is 0.574. The molecule has 16 heavy (non-hydrogen) atoms. The van der Waals surface area contributed by atoms with E-state index in [0.717, 1.165) is 0 Å². The topological polar surface area (TPSA) is 17.1 Å². The smallest absolute Gasteiger partial charge is 0.287 e. The van der Waals surface area contributed by atoms with Gasteiger partial charge in [-0.25, -0.2) is 4.39 Å². The van der Waals surface area contributed by atoms with Crippen molar-refractivity contribution in [2.24, 2.45) is 0 Å². The van der Waals surface area contributed by atoms with E-state index in [1.807, 2.05) is 0 Å². The fourth-order valence-corrected chi connectivity index (χ4v) is 0.911. The van der Waals surface area contributed by atoms with E-state index in [0.29, 0.717) is 24.3 Å². The molecular weight excluding hydrogens is 238 g/mol. The molecule has 1 nitrogen and oxygen atoms in total. The van der Waals surface area contributed by atoms with Crippen LogP contribution in [0, 0.1) is 5.82 Å². The molecule has 88 valence electrons. The van der Waals surface area contributed by atoms with Crippen LogP contribution in [0.25, 0.3) is 0 Å². The number of carbonyl (C=O) groups excluding carboxylic acids is 1. The highest BCUT2D eigenvalue weighted by atomic mass is 19.4. The van der Waals surface area contributed by atoms with Crippen LogP contribution in [-0.4, -0.2) is 17.9 Å². The van der Waals surface area contributed by atoms with Gasteiger partial charge in [0.05, 0.1) is 0 Å². The summed E-state index contributed by atoms with van der Waals surface area (Å²) in [5.41, 5.74) is -0.899. The van der Waals surface area contributed by atoms with Gasteiger partial charge in [-0.3, -0.25) is 4.79 Å². The van der Waals surface area contributed by atoms with Crippen molar-refractivity contribution in [3.8, 4) is 0 Å². The Balaban J connectivity index is 3.07. The molecular formula is C9H4F6O. The molecule has 0 aliphatic carbocycles. The predicted molar refractivity (Wildman–Crippen MR) is 41.7 cm³/mol. The second-order valence-corrected chi connectivity index (χ2v) is 2.91. The molecule has 0 spiro atoms. The average Bonchev–Trinajstić information content (AvgIpc) is 2.16. The van der Waals surface area contributed by atoms with Gasteiger partial charge in [0, 0.05) is 5.56 Å². The number of carbonyl (C=O) groups is 1. The monoisotopic (exact) mass is 242 g/mol. The lowest BCUT2D eigenvalue weighted by Gasteiger charge is -2.17. The van der Waals surface area contributed by atoms with Crippen molar-refractivity contribution < 1.29 is 31.1 Å². The zero-order valence-corrected chi connectivity index (χ0v) is 7.49. The fraction of sp³-hybridized carbons (Fsp3) is 0.222. The highest BCUT2D eigenvalue weighted by molar-refractivity contribution is 6.01. The highest BCUT2D eigenvalue weighted by Crippen LogP contribution is 2.37. The van der Waals surface area contributed by atoms with Gasteiger partial charge in [-0.15, -0.1) is 0 Å². The van der Waals surface area contributed by atoms with Crippen LogP contribution < -0.4 is 0 Å². The van der Waals surface area contributed by atoms with Crippen molar-refractivity contribution in [3.63, 3.8) is 0 Å². The number of rotatable bonds is 2. The summed E-state index contributed by atoms with van der Waals surface area (Å²) in [7, 11) is 0. The van der Waals surface area contributed by atoms with E-state index >= 15 is 0 Å². The van der Waals surface area contributed by atoms with Gasteiger partial charge in [0.1, 0.15) is 5.82 Å². The number of benzene rings is 1. The summed E-state index contributed by atoms with van der Waals surface area (Å²) in [6.45, 7) is 0. The highest BCUT2D eigenvalue weighted by Gasteiger charge is 2.63. The molecule has 1 aromatic rings. The number of ketones is 1. The van der Waals surface area contributed by atoms with Crippen molar-refractivity contribution >= 4 is 5.78 Å². The van der Waals surface area contributed by atoms with E-state index in [2.05, 4.69) is 0 Å². The third-order valence-corrected chi connectivity index (χ3v) is 1.75.